The summed E-state index contributed by atoms with van der Waals surface area (Å²) >= 11 is 3.10. The molecule has 1 aliphatic heterocycles. The van der Waals surface area contributed by atoms with E-state index < -0.39 is 0 Å². The second kappa shape index (κ2) is 2.77. The molecular weight excluding hydrogens is 172 g/mol. The number of hydrogen-bond donors (Lipinski definition) is 0. The zero-order valence-electron chi connectivity index (χ0n) is 4.13. The molecule has 8 heavy (non-hydrogen) atoms. The average molecular weight is 177 g/mol. The van der Waals surface area contributed by atoms with Crippen molar-refractivity contribution in [3.8, 4) is 0 Å². The second-order valence-electron chi connectivity index (χ2n) is 1.24. The van der Waals surface area contributed by atoms with Crippen molar-refractivity contribution in [1.82, 2.24) is 0 Å². The van der Waals surface area contributed by atoms with E-state index in [0.29, 0.717) is 6.79 Å². The van der Waals surface area contributed by atoms with Gasteiger partial charge in [0.05, 0.1) is 0 Å². The number of allylic oxidation sites excluding steroid dienone is 1. The fourth-order valence-corrected chi connectivity index (χ4v) is 0.662. The quantitative estimate of drug-likeness (QED) is 0.607. The SMILES string of the molecule is Br/C=C\C1=COCO1. The summed E-state index contributed by atoms with van der Waals surface area (Å²) in [7, 11) is 0. The van der Waals surface area contributed by atoms with Gasteiger partial charge in [-0.2, -0.15) is 0 Å². The van der Waals surface area contributed by atoms with Gasteiger partial charge < -0.3 is 9.47 Å². The van der Waals surface area contributed by atoms with Gasteiger partial charge in [0, 0.05) is 0 Å². The third kappa shape index (κ3) is 1.26. The molecular formula is C5H5BrO2. The lowest BCUT2D eigenvalue weighted by Crippen LogP contribution is -1.80. The van der Waals surface area contributed by atoms with Crippen molar-refractivity contribution >= 4 is 15.9 Å². The van der Waals surface area contributed by atoms with Crippen LogP contribution in [0, 0.1) is 0 Å². The molecule has 0 amide bonds. The lowest BCUT2D eigenvalue weighted by atomic mass is 10.5. The van der Waals surface area contributed by atoms with Gasteiger partial charge in [-0.25, -0.2) is 0 Å². The van der Waals surface area contributed by atoms with Gasteiger partial charge in [0.15, 0.2) is 5.76 Å². The summed E-state index contributed by atoms with van der Waals surface area (Å²) < 4.78 is 9.67. The van der Waals surface area contributed by atoms with Gasteiger partial charge in [0.1, 0.15) is 6.26 Å². The fraction of sp³-hybridized carbons (Fsp3) is 0.200. The van der Waals surface area contributed by atoms with E-state index in [1.807, 2.05) is 0 Å². The molecule has 1 aliphatic rings. The minimum Gasteiger partial charge on any atom is -0.461 e. The Bertz CT molecular complexity index is 128. The molecule has 2 nitrogen and oxygen atoms in total. The summed E-state index contributed by atoms with van der Waals surface area (Å²) in [6.07, 6.45) is 3.34. The van der Waals surface area contributed by atoms with Crippen LogP contribution in [0.5, 0.6) is 0 Å². The van der Waals surface area contributed by atoms with Gasteiger partial charge in [-0.3, -0.25) is 0 Å². The summed E-state index contributed by atoms with van der Waals surface area (Å²) in [6, 6.07) is 0. The van der Waals surface area contributed by atoms with E-state index in [9.17, 15) is 0 Å². The summed E-state index contributed by atoms with van der Waals surface area (Å²) in [6.45, 7) is 0.340. The van der Waals surface area contributed by atoms with Gasteiger partial charge in [0.25, 0.3) is 0 Å². The Balaban J connectivity index is 2.45. The van der Waals surface area contributed by atoms with Gasteiger partial charge in [-0.05, 0) is 11.1 Å². The van der Waals surface area contributed by atoms with Crippen LogP contribution in [0.2, 0.25) is 0 Å². The molecule has 0 aliphatic carbocycles. The van der Waals surface area contributed by atoms with Crippen LogP contribution in [0.3, 0.4) is 0 Å². The highest BCUT2D eigenvalue weighted by Gasteiger charge is 1.98. The molecule has 0 fully saturated rings. The van der Waals surface area contributed by atoms with Crippen molar-refractivity contribution in [3.63, 3.8) is 0 Å². The van der Waals surface area contributed by atoms with Crippen molar-refractivity contribution in [2.24, 2.45) is 0 Å². The van der Waals surface area contributed by atoms with Gasteiger partial charge >= 0.3 is 0 Å². The molecule has 0 unspecified atom stereocenters. The smallest absolute Gasteiger partial charge is 0.230 e. The van der Waals surface area contributed by atoms with E-state index in [1.54, 1.807) is 17.3 Å². The molecule has 0 saturated carbocycles. The number of rotatable bonds is 1. The third-order valence-electron chi connectivity index (χ3n) is 0.720. The van der Waals surface area contributed by atoms with E-state index in [2.05, 4.69) is 15.9 Å². The van der Waals surface area contributed by atoms with Gasteiger partial charge in [-0.1, -0.05) is 15.9 Å². The highest BCUT2D eigenvalue weighted by atomic mass is 79.9. The molecule has 0 aromatic rings. The first-order valence-electron chi connectivity index (χ1n) is 2.15. The zero-order valence-corrected chi connectivity index (χ0v) is 5.72. The largest absolute Gasteiger partial charge is 0.461 e. The Kier molecular flexibility index (Phi) is 1.97. The van der Waals surface area contributed by atoms with Crippen LogP contribution >= 0.6 is 15.9 Å². The molecule has 0 aromatic heterocycles. The van der Waals surface area contributed by atoms with E-state index in [4.69, 9.17) is 9.47 Å². The number of halogens is 1. The number of ether oxygens (including phenoxy) is 2. The van der Waals surface area contributed by atoms with Gasteiger partial charge in [0.2, 0.25) is 6.79 Å². The Morgan fingerprint density at radius 1 is 1.75 bits per heavy atom. The first-order chi connectivity index (χ1) is 3.93. The summed E-state index contributed by atoms with van der Waals surface area (Å²) in [5, 5.41) is 0. The van der Waals surface area contributed by atoms with Crippen LogP contribution in [-0.2, 0) is 9.47 Å². The predicted octanol–water partition coefficient (Wildman–Crippen LogP) is 1.74. The molecule has 0 N–H and O–H groups in total. The Hall–Kier alpha value is -0.440. The van der Waals surface area contributed by atoms with Crippen molar-refractivity contribution in [3.05, 3.63) is 23.1 Å². The minimum atomic E-state index is 0.340. The maximum atomic E-state index is 4.92. The molecule has 0 aromatic carbocycles. The zero-order chi connectivity index (χ0) is 5.82. The van der Waals surface area contributed by atoms with Crippen LogP contribution < -0.4 is 0 Å². The highest BCUT2D eigenvalue weighted by molar-refractivity contribution is 9.11. The Labute approximate surface area is 55.9 Å². The van der Waals surface area contributed by atoms with Crippen LogP contribution in [0.1, 0.15) is 0 Å². The van der Waals surface area contributed by atoms with E-state index in [-0.39, 0.29) is 0 Å². The normalized spacial score (nSPS) is 17.9. The summed E-state index contributed by atoms with van der Waals surface area (Å²) in [5.41, 5.74) is 0. The molecule has 0 spiro atoms. The Morgan fingerprint density at radius 3 is 3.12 bits per heavy atom. The summed E-state index contributed by atoms with van der Waals surface area (Å²) in [5.74, 6) is 0.752. The Morgan fingerprint density at radius 2 is 2.62 bits per heavy atom. The first kappa shape index (κ1) is 5.69. The van der Waals surface area contributed by atoms with Crippen LogP contribution in [0.4, 0.5) is 0 Å². The highest BCUT2D eigenvalue weighted by Crippen LogP contribution is 2.07. The van der Waals surface area contributed by atoms with Crippen molar-refractivity contribution in [1.29, 1.82) is 0 Å². The second-order valence-corrected chi connectivity index (χ2v) is 1.77. The topological polar surface area (TPSA) is 18.5 Å². The molecule has 1 heterocycles. The summed E-state index contributed by atoms with van der Waals surface area (Å²) in [4.78, 5) is 1.72. The molecule has 0 radical (unpaired) electrons. The average Bonchev–Trinajstić information content (AvgIpc) is 2.19. The molecule has 0 saturated heterocycles. The standard InChI is InChI=1S/C5H5BrO2/c6-2-1-5-3-7-4-8-5/h1-3H,4H2/b2-1-. The fourth-order valence-electron chi connectivity index (χ4n) is 0.402. The lowest BCUT2D eigenvalue weighted by Gasteiger charge is -1.89. The molecule has 0 bridgehead atoms. The van der Waals surface area contributed by atoms with Crippen LogP contribution in [-0.4, -0.2) is 6.79 Å². The monoisotopic (exact) mass is 176 g/mol. The molecule has 0 atom stereocenters. The molecule has 1 rings (SSSR count). The van der Waals surface area contributed by atoms with E-state index in [1.165, 1.54) is 0 Å². The van der Waals surface area contributed by atoms with Gasteiger partial charge in [-0.15, -0.1) is 0 Å². The maximum Gasteiger partial charge on any atom is 0.230 e. The lowest BCUT2D eigenvalue weighted by molar-refractivity contribution is 0.0845. The van der Waals surface area contributed by atoms with Crippen molar-refractivity contribution < 1.29 is 9.47 Å². The van der Waals surface area contributed by atoms with Crippen molar-refractivity contribution in [2.45, 2.75) is 0 Å². The number of hydrogen-bond acceptors (Lipinski definition) is 2. The van der Waals surface area contributed by atoms with Crippen LogP contribution in [0.15, 0.2) is 23.1 Å². The van der Waals surface area contributed by atoms with Crippen LogP contribution in [0.25, 0.3) is 0 Å². The van der Waals surface area contributed by atoms with E-state index in [0.717, 1.165) is 5.76 Å². The van der Waals surface area contributed by atoms with E-state index >= 15 is 0 Å². The minimum absolute atomic E-state index is 0.340. The van der Waals surface area contributed by atoms with Crippen molar-refractivity contribution in [2.75, 3.05) is 6.79 Å². The molecule has 3 heteroatoms. The first-order valence-corrected chi connectivity index (χ1v) is 3.06. The maximum absolute atomic E-state index is 4.92. The predicted molar refractivity (Wildman–Crippen MR) is 33.2 cm³/mol. The molecule has 44 valence electrons. The third-order valence-corrected chi connectivity index (χ3v) is 0.985.